The summed E-state index contributed by atoms with van der Waals surface area (Å²) in [6, 6.07) is 3.16. The molecule has 2 rings (SSSR count). The molecule has 0 bridgehead atoms. The molecule has 1 aliphatic carbocycles. The minimum Gasteiger partial charge on any atom is -0.399 e. The van der Waals surface area contributed by atoms with Gasteiger partial charge in [-0.15, -0.1) is 0 Å². The molecule has 5 nitrogen and oxygen atoms in total. The lowest BCUT2D eigenvalue weighted by Gasteiger charge is -2.13. The van der Waals surface area contributed by atoms with Gasteiger partial charge in [-0.2, -0.15) is 0 Å². The maximum Gasteiger partial charge on any atom is 0.240 e. The summed E-state index contributed by atoms with van der Waals surface area (Å²) >= 11 is 0. The van der Waals surface area contributed by atoms with Crippen molar-refractivity contribution >= 4 is 15.7 Å². The van der Waals surface area contributed by atoms with Crippen LogP contribution in [0.4, 0.5) is 10.1 Å². The van der Waals surface area contributed by atoms with Crippen molar-refractivity contribution in [3.05, 3.63) is 24.0 Å². The summed E-state index contributed by atoms with van der Waals surface area (Å²) in [6.07, 6.45) is 1.58. The molecule has 1 aromatic carbocycles. The molecule has 0 saturated heterocycles. The highest BCUT2D eigenvalue weighted by molar-refractivity contribution is 7.89. The first-order valence-electron chi connectivity index (χ1n) is 5.54. The van der Waals surface area contributed by atoms with Gasteiger partial charge in [-0.05, 0) is 31.0 Å². The van der Waals surface area contributed by atoms with Crippen molar-refractivity contribution in [3.8, 4) is 0 Å². The molecule has 0 heterocycles. The highest BCUT2D eigenvalue weighted by Gasteiger charge is 2.42. The summed E-state index contributed by atoms with van der Waals surface area (Å²) in [5, 5.41) is 9.10. The van der Waals surface area contributed by atoms with E-state index in [2.05, 4.69) is 4.72 Å². The number of nitrogens with one attached hydrogen (secondary N) is 1. The van der Waals surface area contributed by atoms with Crippen LogP contribution in [0.1, 0.15) is 12.8 Å². The first kappa shape index (κ1) is 13.3. The molecular weight excluding hydrogens is 259 g/mol. The number of hydrogen-bond donors (Lipinski definition) is 3. The standard InChI is InChI=1S/C11H15FN2O3S/c12-8-3-9(13)5-10(4-8)18(16,17)14-6-11(7-15)1-2-11/h3-5,14-15H,1-2,6-7,13H2. The van der Waals surface area contributed by atoms with Crippen molar-refractivity contribution in [3.63, 3.8) is 0 Å². The Morgan fingerprint density at radius 1 is 1.39 bits per heavy atom. The van der Waals surface area contributed by atoms with Gasteiger partial charge in [0.1, 0.15) is 5.82 Å². The third kappa shape index (κ3) is 2.80. The van der Waals surface area contributed by atoms with Gasteiger partial charge in [-0.3, -0.25) is 0 Å². The van der Waals surface area contributed by atoms with E-state index in [0.29, 0.717) is 0 Å². The zero-order valence-electron chi connectivity index (χ0n) is 9.69. The van der Waals surface area contributed by atoms with Crippen LogP contribution in [0.15, 0.2) is 23.1 Å². The first-order chi connectivity index (χ1) is 8.37. The fourth-order valence-electron chi connectivity index (χ4n) is 1.64. The molecular formula is C11H15FN2O3S. The predicted octanol–water partition coefficient (Wildman–Crippen LogP) is 0.459. The molecule has 0 amide bonds. The van der Waals surface area contributed by atoms with Crippen LogP contribution < -0.4 is 10.5 Å². The van der Waals surface area contributed by atoms with Crippen molar-refractivity contribution in [1.29, 1.82) is 0 Å². The topological polar surface area (TPSA) is 92.4 Å². The highest BCUT2D eigenvalue weighted by atomic mass is 32.2. The van der Waals surface area contributed by atoms with Crippen molar-refractivity contribution in [2.24, 2.45) is 5.41 Å². The Bertz CT molecular complexity index is 535. The molecule has 0 spiro atoms. The van der Waals surface area contributed by atoms with E-state index < -0.39 is 15.8 Å². The Hall–Kier alpha value is -1.18. The van der Waals surface area contributed by atoms with Crippen LogP contribution >= 0.6 is 0 Å². The van der Waals surface area contributed by atoms with Crippen LogP contribution in [0, 0.1) is 11.2 Å². The van der Waals surface area contributed by atoms with Crippen LogP contribution in [0.2, 0.25) is 0 Å². The fraction of sp³-hybridized carbons (Fsp3) is 0.455. The number of aliphatic hydroxyl groups is 1. The Balaban J connectivity index is 2.15. The summed E-state index contributed by atoms with van der Waals surface area (Å²) in [6.45, 7) is 0.100. The Morgan fingerprint density at radius 2 is 2.06 bits per heavy atom. The minimum atomic E-state index is -3.79. The number of rotatable bonds is 5. The quantitative estimate of drug-likeness (QED) is 0.680. The summed E-state index contributed by atoms with van der Waals surface area (Å²) in [7, 11) is -3.79. The average Bonchev–Trinajstić information content (AvgIpc) is 3.06. The van der Waals surface area contributed by atoms with Gasteiger partial charge in [0.25, 0.3) is 0 Å². The fourth-order valence-corrected chi connectivity index (χ4v) is 2.86. The molecule has 18 heavy (non-hydrogen) atoms. The molecule has 0 aromatic heterocycles. The lowest BCUT2D eigenvalue weighted by Crippen LogP contribution is -2.32. The lowest BCUT2D eigenvalue weighted by atomic mass is 10.1. The third-order valence-electron chi connectivity index (χ3n) is 3.13. The Morgan fingerprint density at radius 3 is 2.56 bits per heavy atom. The van der Waals surface area contributed by atoms with Crippen molar-refractivity contribution in [1.82, 2.24) is 4.72 Å². The molecule has 0 unspecified atom stereocenters. The molecule has 4 N–H and O–H groups in total. The molecule has 1 aliphatic rings. The summed E-state index contributed by atoms with van der Waals surface area (Å²) in [5.41, 5.74) is 5.12. The SMILES string of the molecule is Nc1cc(F)cc(S(=O)(=O)NCC2(CO)CC2)c1. The van der Waals surface area contributed by atoms with Crippen LogP contribution in [-0.4, -0.2) is 26.7 Å². The second-order valence-electron chi connectivity index (χ2n) is 4.70. The van der Waals surface area contributed by atoms with Gasteiger partial charge in [0, 0.05) is 24.3 Å². The number of sulfonamides is 1. The summed E-state index contributed by atoms with van der Waals surface area (Å²) < 4.78 is 39.3. The normalized spacial score (nSPS) is 17.7. The molecule has 0 atom stereocenters. The maximum absolute atomic E-state index is 13.1. The largest absolute Gasteiger partial charge is 0.399 e. The highest BCUT2D eigenvalue weighted by Crippen LogP contribution is 2.44. The summed E-state index contributed by atoms with van der Waals surface area (Å²) in [4.78, 5) is -0.200. The van der Waals surface area contributed by atoms with Gasteiger partial charge in [0.2, 0.25) is 10.0 Å². The van der Waals surface area contributed by atoms with E-state index in [0.717, 1.165) is 25.0 Å². The van der Waals surface area contributed by atoms with E-state index in [1.165, 1.54) is 6.07 Å². The molecule has 1 saturated carbocycles. The van der Waals surface area contributed by atoms with Crippen LogP contribution in [0.5, 0.6) is 0 Å². The lowest BCUT2D eigenvalue weighted by molar-refractivity contribution is 0.213. The van der Waals surface area contributed by atoms with Gasteiger partial charge in [0.15, 0.2) is 0 Å². The van der Waals surface area contributed by atoms with E-state index in [-0.39, 0.29) is 29.1 Å². The van der Waals surface area contributed by atoms with Crippen molar-refractivity contribution in [2.45, 2.75) is 17.7 Å². The van der Waals surface area contributed by atoms with Gasteiger partial charge in [-0.25, -0.2) is 17.5 Å². The Labute approximate surface area is 105 Å². The molecule has 1 aromatic rings. The molecule has 7 heteroatoms. The second kappa shape index (κ2) is 4.49. The van der Waals surface area contributed by atoms with Gasteiger partial charge >= 0.3 is 0 Å². The molecule has 100 valence electrons. The zero-order chi connectivity index (χ0) is 13.4. The number of anilines is 1. The second-order valence-corrected chi connectivity index (χ2v) is 6.47. The van der Waals surface area contributed by atoms with E-state index in [1.54, 1.807) is 0 Å². The monoisotopic (exact) mass is 274 g/mol. The average molecular weight is 274 g/mol. The van der Waals surface area contributed by atoms with E-state index >= 15 is 0 Å². The summed E-state index contributed by atoms with van der Waals surface area (Å²) in [5.74, 6) is -0.696. The van der Waals surface area contributed by atoms with Crippen molar-refractivity contribution in [2.75, 3.05) is 18.9 Å². The molecule has 0 radical (unpaired) electrons. The van der Waals surface area contributed by atoms with Crippen LogP contribution in [0.3, 0.4) is 0 Å². The first-order valence-corrected chi connectivity index (χ1v) is 7.02. The van der Waals surface area contributed by atoms with Gasteiger partial charge in [0.05, 0.1) is 4.90 Å². The molecule has 0 aliphatic heterocycles. The predicted molar refractivity (Wildman–Crippen MR) is 64.8 cm³/mol. The minimum absolute atomic E-state index is 0.0543. The molecule has 1 fully saturated rings. The van der Waals surface area contributed by atoms with Gasteiger partial charge < -0.3 is 10.8 Å². The number of hydrogen-bond acceptors (Lipinski definition) is 4. The third-order valence-corrected chi connectivity index (χ3v) is 4.51. The van der Waals surface area contributed by atoms with Gasteiger partial charge in [-0.1, -0.05) is 0 Å². The maximum atomic E-state index is 13.1. The number of halogens is 1. The number of nitrogens with two attached hydrogens (primary N) is 1. The Kier molecular flexibility index (Phi) is 3.31. The van der Waals surface area contributed by atoms with E-state index in [4.69, 9.17) is 10.8 Å². The van der Waals surface area contributed by atoms with E-state index in [1.807, 2.05) is 0 Å². The number of nitrogen functional groups attached to an aromatic ring is 1. The smallest absolute Gasteiger partial charge is 0.240 e. The number of benzene rings is 1. The number of aliphatic hydroxyl groups excluding tert-OH is 1. The van der Waals surface area contributed by atoms with Crippen molar-refractivity contribution < 1.29 is 17.9 Å². The van der Waals surface area contributed by atoms with Crippen LogP contribution in [0.25, 0.3) is 0 Å². The van der Waals surface area contributed by atoms with Crippen LogP contribution in [-0.2, 0) is 10.0 Å². The zero-order valence-corrected chi connectivity index (χ0v) is 10.5. The van der Waals surface area contributed by atoms with E-state index in [9.17, 15) is 12.8 Å².